The van der Waals surface area contributed by atoms with Crippen LogP contribution in [-0.4, -0.2) is 22.9 Å². The SMILES string of the molecule is CSCC(=O)Nc1cc(Br)cnc1Cl. The number of amides is 1. The van der Waals surface area contributed by atoms with E-state index in [1.54, 1.807) is 12.3 Å². The molecule has 1 rings (SSSR count). The second kappa shape index (κ2) is 5.58. The standard InChI is InChI=1S/C8H8BrClN2OS/c1-14-4-7(13)12-6-2-5(9)3-11-8(6)10/h2-3H,4H2,1H3,(H,12,13). The van der Waals surface area contributed by atoms with E-state index in [1.807, 2.05) is 6.26 Å². The number of thioether (sulfide) groups is 1. The van der Waals surface area contributed by atoms with E-state index in [9.17, 15) is 4.79 Å². The molecule has 0 radical (unpaired) electrons. The summed E-state index contributed by atoms with van der Waals surface area (Å²) in [5.41, 5.74) is 0.528. The predicted octanol–water partition coefficient (Wildman–Crippen LogP) is 2.80. The average molecular weight is 296 g/mol. The van der Waals surface area contributed by atoms with Crippen molar-refractivity contribution in [2.24, 2.45) is 0 Å². The molecule has 0 unspecified atom stereocenters. The fraction of sp³-hybridized carbons (Fsp3) is 0.250. The van der Waals surface area contributed by atoms with Crippen LogP contribution in [0.4, 0.5) is 5.69 Å². The molecule has 1 aromatic heterocycles. The van der Waals surface area contributed by atoms with Crippen LogP contribution in [0.5, 0.6) is 0 Å². The van der Waals surface area contributed by atoms with Crippen LogP contribution in [0.2, 0.25) is 5.15 Å². The van der Waals surface area contributed by atoms with Gasteiger partial charge in [0.05, 0.1) is 11.4 Å². The Morgan fingerprint density at radius 3 is 3.14 bits per heavy atom. The predicted molar refractivity (Wildman–Crippen MR) is 64.0 cm³/mol. The maximum atomic E-state index is 11.2. The zero-order chi connectivity index (χ0) is 10.6. The molecule has 0 bridgehead atoms. The molecular formula is C8H8BrClN2OS. The molecule has 0 spiro atoms. The lowest BCUT2D eigenvalue weighted by atomic mass is 10.4. The molecule has 0 aliphatic rings. The average Bonchev–Trinajstić information content (AvgIpc) is 2.12. The number of hydrogen-bond donors (Lipinski definition) is 1. The molecule has 0 fully saturated rings. The third-order valence-corrected chi connectivity index (χ3v) is 2.64. The van der Waals surface area contributed by atoms with Crippen molar-refractivity contribution in [3.05, 3.63) is 21.9 Å². The quantitative estimate of drug-likeness (QED) is 0.872. The first-order valence-corrected chi connectivity index (χ1v) is 6.30. The van der Waals surface area contributed by atoms with Gasteiger partial charge in [0.2, 0.25) is 5.91 Å². The number of pyridine rings is 1. The van der Waals surface area contributed by atoms with Crippen molar-refractivity contribution in [1.82, 2.24) is 4.98 Å². The lowest BCUT2D eigenvalue weighted by Crippen LogP contribution is -2.14. The van der Waals surface area contributed by atoms with Crippen molar-refractivity contribution in [3.63, 3.8) is 0 Å². The molecule has 0 saturated heterocycles. The zero-order valence-electron chi connectivity index (χ0n) is 7.38. The smallest absolute Gasteiger partial charge is 0.234 e. The summed E-state index contributed by atoms with van der Waals surface area (Å²) in [6.07, 6.45) is 3.44. The van der Waals surface area contributed by atoms with Gasteiger partial charge >= 0.3 is 0 Å². The number of anilines is 1. The van der Waals surface area contributed by atoms with Crippen LogP contribution in [0.15, 0.2) is 16.7 Å². The van der Waals surface area contributed by atoms with E-state index in [0.29, 0.717) is 16.6 Å². The van der Waals surface area contributed by atoms with Gasteiger partial charge in [0.25, 0.3) is 0 Å². The molecule has 6 heteroatoms. The highest BCUT2D eigenvalue weighted by Gasteiger charge is 2.06. The van der Waals surface area contributed by atoms with Crippen LogP contribution in [0, 0.1) is 0 Å². The second-order valence-corrected chi connectivity index (χ2v) is 4.61. The van der Waals surface area contributed by atoms with Crippen LogP contribution in [0.25, 0.3) is 0 Å². The Labute approximate surface area is 99.8 Å². The van der Waals surface area contributed by atoms with Crippen molar-refractivity contribution in [1.29, 1.82) is 0 Å². The first-order valence-electron chi connectivity index (χ1n) is 3.73. The van der Waals surface area contributed by atoms with Crippen molar-refractivity contribution >= 4 is 50.9 Å². The van der Waals surface area contributed by atoms with Crippen LogP contribution >= 0.6 is 39.3 Å². The summed E-state index contributed by atoms with van der Waals surface area (Å²) in [6.45, 7) is 0. The molecule has 1 aromatic rings. The van der Waals surface area contributed by atoms with Gasteiger partial charge in [-0.05, 0) is 28.3 Å². The van der Waals surface area contributed by atoms with Crippen LogP contribution in [0.1, 0.15) is 0 Å². The number of rotatable bonds is 3. The van der Waals surface area contributed by atoms with Gasteiger partial charge in [-0.15, -0.1) is 0 Å². The highest BCUT2D eigenvalue weighted by atomic mass is 79.9. The molecular weight excluding hydrogens is 288 g/mol. The topological polar surface area (TPSA) is 42.0 Å². The molecule has 0 aliphatic carbocycles. The first kappa shape index (κ1) is 11.8. The number of hydrogen-bond acceptors (Lipinski definition) is 3. The van der Waals surface area contributed by atoms with Gasteiger partial charge in [-0.1, -0.05) is 11.6 Å². The summed E-state index contributed by atoms with van der Waals surface area (Å²) >= 11 is 10.5. The minimum Gasteiger partial charge on any atom is -0.323 e. The molecule has 1 heterocycles. The summed E-state index contributed by atoms with van der Waals surface area (Å²) in [6, 6.07) is 1.72. The number of nitrogens with one attached hydrogen (secondary N) is 1. The highest BCUT2D eigenvalue weighted by Crippen LogP contribution is 2.22. The fourth-order valence-corrected chi connectivity index (χ4v) is 1.64. The number of carbonyl (C=O) groups excluding carboxylic acids is 1. The van der Waals surface area contributed by atoms with Gasteiger partial charge in [0.15, 0.2) is 5.15 Å². The van der Waals surface area contributed by atoms with Crippen LogP contribution in [-0.2, 0) is 4.79 Å². The second-order valence-electron chi connectivity index (χ2n) is 2.47. The van der Waals surface area contributed by atoms with E-state index in [1.165, 1.54) is 11.8 Å². The lowest BCUT2D eigenvalue weighted by Gasteiger charge is -2.05. The Balaban J connectivity index is 2.75. The van der Waals surface area contributed by atoms with Gasteiger partial charge in [0.1, 0.15) is 0 Å². The van der Waals surface area contributed by atoms with Gasteiger partial charge in [0, 0.05) is 10.7 Å². The summed E-state index contributed by atoms with van der Waals surface area (Å²) in [7, 11) is 0. The summed E-state index contributed by atoms with van der Waals surface area (Å²) in [5, 5.41) is 2.96. The number of halogens is 2. The Hall–Kier alpha value is -0.260. The molecule has 3 nitrogen and oxygen atoms in total. The Morgan fingerprint density at radius 2 is 2.50 bits per heavy atom. The normalized spacial score (nSPS) is 9.93. The monoisotopic (exact) mass is 294 g/mol. The van der Waals surface area contributed by atoms with Crippen LogP contribution < -0.4 is 5.32 Å². The zero-order valence-corrected chi connectivity index (χ0v) is 10.5. The van der Waals surface area contributed by atoms with Gasteiger partial charge in [-0.2, -0.15) is 11.8 Å². The van der Waals surface area contributed by atoms with E-state index in [0.717, 1.165) is 4.47 Å². The number of aromatic nitrogens is 1. The van der Waals surface area contributed by atoms with Gasteiger partial charge in [-0.25, -0.2) is 4.98 Å². The summed E-state index contributed by atoms with van der Waals surface area (Å²) in [5.74, 6) is 0.322. The van der Waals surface area contributed by atoms with Crippen LogP contribution in [0.3, 0.4) is 0 Å². The fourth-order valence-electron chi connectivity index (χ4n) is 0.828. The third kappa shape index (κ3) is 3.48. The van der Waals surface area contributed by atoms with E-state index >= 15 is 0 Å². The Bertz CT molecular complexity index is 348. The summed E-state index contributed by atoms with van der Waals surface area (Å²) < 4.78 is 0.779. The van der Waals surface area contributed by atoms with E-state index in [-0.39, 0.29) is 5.91 Å². The maximum absolute atomic E-state index is 11.2. The maximum Gasteiger partial charge on any atom is 0.234 e. The minimum absolute atomic E-state index is 0.0840. The Morgan fingerprint density at radius 1 is 1.79 bits per heavy atom. The molecule has 14 heavy (non-hydrogen) atoms. The minimum atomic E-state index is -0.0840. The Kier molecular flexibility index (Phi) is 4.71. The van der Waals surface area contributed by atoms with Crippen molar-refractivity contribution in [3.8, 4) is 0 Å². The van der Waals surface area contributed by atoms with Gasteiger partial charge in [-0.3, -0.25) is 4.79 Å². The molecule has 0 saturated carbocycles. The van der Waals surface area contributed by atoms with Gasteiger partial charge < -0.3 is 5.32 Å². The highest BCUT2D eigenvalue weighted by molar-refractivity contribution is 9.10. The molecule has 0 aromatic carbocycles. The first-order chi connectivity index (χ1) is 6.63. The molecule has 0 atom stereocenters. The third-order valence-electron chi connectivity index (χ3n) is 1.36. The van der Waals surface area contributed by atoms with Crippen molar-refractivity contribution in [2.45, 2.75) is 0 Å². The number of nitrogens with zero attached hydrogens (tertiary/aromatic N) is 1. The molecule has 1 amide bonds. The lowest BCUT2D eigenvalue weighted by molar-refractivity contribution is -0.113. The van der Waals surface area contributed by atoms with Crippen molar-refractivity contribution in [2.75, 3.05) is 17.3 Å². The van der Waals surface area contributed by atoms with Crippen molar-refractivity contribution < 1.29 is 4.79 Å². The van der Waals surface area contributed by atoms with E-state index in [4.69, 9.17) is 11.6 Å². The number of carbonyl (C=O) groups is 1. The molecule has 76 valence electrons. The summed E-state index contributed by atoms with van der Waals surface area (Å²) in [4.78, 5) is 15.1. The van der Waals surface area contributed by atoms with E-state index < -0.39 is 0 Å². The largest absolute Gasteiger partial charge is 0.323 e. The van der Waals surface area contributed by atoms with E-state index in [2.05, 4.69) is 26.2 Å². The molecule has 0 aliphatic heterocycles. The molecule has 1 N–H and O–H groups in total.